The van der Waals surface area contributed by atoms with E-state index in [1.807, 2.05) is 32.3 Å². The summed E-state index contributed by atoms with van der Waals surface area (Å²) in [5.74, 6) is 0. The molecule has 0 saturated heterocycles. The van der Waals surface area contributed by atoms with Crippen molar-refractivity contribution in [2.24, 2.45) is 0 Å². The van der Waals surface area contributed by atoms with Crippen LogP contribution in [0.5, 0.6) is 0 Å². The fourth-order valence-corrected chi connectivity index (χ4v) is 1.81. The summed E-state index contributed by atoms with van der Waals surface area (Å²) < 4.78 is 0. The molecule has 0 spiro atoms. The highest BCUT2D eigenvalue weighted by molar-refractivity contribution is 5.55. The zero-order chi connectivity index (χ0) is 13.5. The average molecular weight is 252 g/mol. The fraction of sp³-hybridized carbons (Fsp3) is 0.176. The van der Waals surface area contributed by atoms with Crippen LogP contribution in [0.25, 0.3) is 6.08 Å². The molecule has 0 aliphatic carbocycles. The first-order chi connectivity index (χ1) is 9.25. The second-order valence-electron chi connectivity index (χ2n) is 4.64. The minimum Gasteiger partial charge on any atom is -0.382 e. The zero-order valence-corrected chi connectivity index (χ0v) is 11.5. The molecule has 1 N–H and O–H groups in total. The van der Waals surface area contributed by atoms with Gasteiger partial charge in [0.1, 0.15) is 0 Å². The van der Waals surface area contributed by atoms with Gasteiger partial charge < -0.3 is 10.2 Å². The number of anilines is 2. The second kappa shape index (κ2) is 6.64. The predicted molar refractivity (Wildman–Crippen MR) is 84.7 cm³/mol. The normalized spacial score (nSPS) is 10.6. The molecule has 0 unspecified atom stereocenters. The SMILES string of the molecule is CN(C)c1ccc(NCC=Cc2ccccc2)cc1. The lowest BCUT2D eigenvalue weighted by atomic mass is 10.2. The van der Waals surface area contributed by atoms with E-state index in [0.29, 0.717) is 0 Å². The number of hydrogen-bond acceptors (Lipinski definition) is 2. The van der Waals surface area contributed by atoms with E-state index in [1.54, 1.807) is 0 Å². The summed E-state index contributed by atoms with van der Waals surface area (Å²) in [6, 6.07) is 18.8. The summed E-state index contributed by atoms with van der Waals surface area (Å²) in [4.78, 5) is 2.10. The number of benzene rings is 2. The molecule has 0 atom stereocenters. The Hall–Kier alpha value is -2.22. The maximum atomic E-state index is 3.38. The Bertz CT molecular complexity index is 513. The van der Waals surface area contributed by atoms with Gasteiger partial charge in [-0.2, -0.15) is 0 Å². The van der Waals surface area contributed by atoms with Crippen LogP contribution in [-0.2, 0) is 0 Å². The zero-order valence-electron chi connectivity index (χ0n) is 11.5. The summed E-state index contributed by atoms with van der Waals surface area (Å²) in [5, 5.41) is 3.38. The number of rotatable bonds is 5. The Balaban J connectivity index is 1.84. The highest BCUT2D eigenvalue weighted by atomic mass is 15.1. The van der Waals surface area contributed by atoms with E-state index < -0.39 is 0 Å². The molecule has 98 valence electrons. The largest absolute Gasteiger partial charge is 0.382 e. The van der Waals surface area contributed by atoms with Crippen LogP contribution in [0, 0.1) is 0 Å². The third-order valence-electron chi connectivity index (χ3n) is 2.92. The fourth-order valence-electron chi connectivity index (χ4n) is 1.81. The standard InChI is InChI=1S/C17H20N2/c1-19(2)17-12-10-16(11-13-17)18-14-6-9-15-7-4-3-5-8-15/h3-13,18H,14H2,1-2H3. The Kier molecular flexibility index (Phi) is 4.62. The molecule has 2 heteroatoms. The van der Waals surface area contributed by atoms with Crippen LogP contribution in [0.2, 0.25) is 0 Å². The van der Waals surface area contributed by atoms with Crippen molar-refractivity contribution in [1.82, 2.24) is 0 Å². The van der Waals surface area contributed by atoms with Crippen LogP contribution >= 0.6 is 0 Å². The molecule has 0 aromatic heterocycles. The van der Waals surface area contributed by atoms with E-state index >= 15 is 0 Å². The van der Waals surface area contributed by atoms with Gasteiger partial charge in [-0.05, 0) is 29.8 Å². The molecular formula is C17H20N2. The van der Waals surface area contributed by atoms with Gasteiger partial charge in [0.05, 0.1) is 0 Å². The first-order valence-electron chi connectivity index (χ1n) is 6.48. The smallest absolute Gasteiger partial charge is 0.0362 e. The van der Waals surface area contributed by atoms with E-state index in [-0.39, 0.29) is 0 Å². The van der Waals surface area contributed by atoms with Gasteiger partial charge in [-0.1, -0.05) is 42.5 Å². The molecule has 0 saturated carbocycles. The lowest BCUT2D eigenvalue weighted by Crippen LogP contribution is -2.08. The van der Waals surface area contributed by atoms with Crippen LogP contribution in [0.1, 0.15) is 5.56 Å². The van der Waals surface area contributed by atoms with Crippen LogP contribution < -0.4 is 10.2 Å². The van der Waals surface area contributed by atoms with Gasteiger partial charge in [-0.25, -0.2) is 0 Å². The van der Waals surface area contributed by atoms with E-state index in [9.17, 15) is 0 Å². The molecular weight excluding hydrogens is 232 g/mol. The van der Waals surface area contributed by atoms with Gasteiger partial charge in [-0.3, -0.25) is 0 Å². The van der Waals surface area contributed by atoms with Crippen molar-refractivity contribution in [2.75, 3.05) is 30.9 Å². The van der Waals surface area contributed by atoms with Gasteiger partial charge in [-0.15, -0.1) is 0 Å². The molecule has 0 amide bonds. The summed E-state index contributed by atoms with van der Waals surface area (Å²) >= 11 is 0. The topological polar surface area (TPSA) is 15.3 Å². The summed E-state index contributed by atoms with van der Waals surface area (Å²) in [6.45, 7) is 0.830. The number of nitrogens with zero attached hydrogens (tertiary/aromatic N) is 1. The quantitative estimate of drug-likeness (QED) is 0.868. The molecule has 0 aliphatic rings. The van der Waals surface area contributed by atoms with Gasteiger partial charge in [0, 0.05) is 32.0 Å². The Morgan fingerprint density at radius 1 is 0.947 bits per heavy atom. The van der Waals surface area contributed by atoms with Crippen molar-refractivity contribution in [3.8, 4) is 0 Å². The van der Waals surface area contributed by atoms with Crippen molar-refractivity contribution < 1.29 is 0 Å². The molecule has 2 nitrogen and oxygen atoms in total. The predicted octanol–water partition coefficient (Wildman–Crippen LogP) is 3.88. The number of hydrogen-bond donors (Lipinski definition) is 1. The monoisotopic (exact) mass is 252 g/mol. The van der Waals surface area contributed by atoms with E-state index in [0.717, 1.165) is 12.2 Å². The van der Waals surface area contributed by atoms with Crippen molar-refractivity contribution in [1.29, 1.82) is 0 Å². The molecule has 0 fully saturated rings. The van der Waals surface area contributed by atoms with Gasteiger partial charge in [0.15, 0.2) is 0 Å². The van der Waals surface area contributed by atoms with Gasteiger partial charge in [0.2, 0.25) is 0 Å². The lowest BCUT2D eigenvalue weighted by molar-refractivity contribution is 1.13. The summed E-state index contributed by atoms with van der Waals surface area (Å²) in [5.41, 5.74) is 3.58. The van der Waals surface area contributed by atoms with Crippen molar-refractivity contribution in [3.05, 3.63) is 66.2 Å². The first-order valence-corrected chi connectivity index (χ1v) is 6.48. The average Bonchev–Trinajstić information content (AvgIpc) is 2.45. The second-order valence-corrected chi connectivity index (χ2v) is 4.64. The molecule has 2 rings (SSSR count). The van der Waals surface area contributed by atoms with E-state index in [4.69, 9.17) is 0 Å². The maximum Gasteiger partial charge on any atom is 0.0362 e. The highest BCUT2D eigenvalue weighted by Gasteiger charge is 1.94. The third-order valence-corrected chi connectivity index (χ3v) is 2.92. The minimum atomic E-state index is 0.830. The Morgan fingerprint density at radius 2 is 1.63 bits per heavy atom. The third kappa shape index (κ3) is 4.18. The molecule has 0 aliphatic heterocycles. The van der Waals surface area contributed by atoms with Crippen LogP contribution in [0.3, 0.4) is 0 Å². The van der Waals surface area contributed by atoms with Gasteiger partial charge in [0.25, 0.3) is 0 Å². The van der Waals surface area contributed by atoms with Crippen molar-refractivity contribution in [3.63, 3.8) is 0 Å². The number of nitrogens with one attached hydrogen (secondary N) is 1. The van der Waals surface area contributed by atoms with Crippen molar-refractivity contribution >= 4 is 17.5 Å². The highest BCUT2D eigenvalue weighted by Crippen LogP contribution is 2.15. The van der Waals surface area contributed by atoms with Gasteiger partial charge >= 0.3 is 0 Å². The molecule has 2 aromatic rings. The first kappa shape index (κ1) is 13.2. The summed E-state index contributed by atoms with van der Waals surface area (Å²) in [6.07, 6.45) is 4.26. The van der Waals surface area contributed by atoms with E-state index in [2.05, 4.69) is 58.8 Å². The maximum absolute atomic E-state index is 3.38. The molecule has 2 aromatic carbocycles. The lowest BCUT2D eigenvalue weighted by Gasteiger charge is -2.12. The molecule has 0 radical (unpaired) electrons. The van der Waals surface area contributed by atoms with Crippen LogP contribution in [-0.4, -0.2) is 20.6 Å². The Labute approximate surface area is 115 Å². The van der Waals surface area contributed by atoms with E-state index in [1.165, 1.54) is 11.3 Å². The van der Waals surface area contributed by atoms with Crippen LogP contribution in [0.4, 0.5) is 11.4 Å². The van der Waals surface area contributed by atoms with Crippen LogP contribution in [0.15, 0.2) is 60.7 Å². The summed E-state index contributed by atoms with van der Waals surface area (Å²) in [7, 11) is 4.09. The van der Waals surface area contributed by atoms with Crippen molar-refractivity contribution in [2.45, 2.75) is 0 Å². The molecule has 19 heavy (non-hydrogen) atoms. The Morgan fingerprint density at radius 3 is 2.26 bits per heavy atom. The molecule has 0 bridgehead atoms. The minimum absolute atomic E-state index is 0.830. The molecule has 0 heterocycles.